The van der Waals surface area contributed by atoms with Crippen molar-refractivity contribution in [2.24, 2.45) is 0 Å². The fourth-order valence-electron chi connectivity index (χ4n) is 2.74. The number of rotatable bonds is 3. The number of aryl methyl sites for hydroxylation is 1. The molecule has 3 aromatic heterocycles. The molecule has 0 atom stereocenters. The third-order valence-corrected chi connectivity index (χ3v) is 3.97. The van der Waals surface area contributed by atoms with E-state index in [9.17, 15) is 13.6 Å². The van der Waals surface area contributed by atoms with Crippen molar-refractivity contribution in [2.75, 3.05) is 5.32 Å². The summed E-state index contributed by atoms with van der Waals surface area (Å²) in [7, 11) is 0. The van der Waals surface area contributed by atoms with Crippen LogP contribution >= 0.6 is 0 Å². The predicted octanol–water partition coefficient (Wildman–Crippen LogP) is 3.79. The van der Waals surface area contributed by atoms with Crippen LogP contribution in [0.25, 0.3) is 22.2 Å². The SMILES string of the molecule is Cc1nccc2cc(C(=O)Nc3cc(-c4cc(F)cc(F)c4)[nH]n3)[nH]c12. The van der Waals surface area contributed by atoms with Gasteiger partial charge in [-0.25, -0.2) is 8.78 Å². The van der Waals surface area contributed by atoms with Crippen molar-refractivity contribution >= 4 is 22.6 Å². The van der Waals surface area contributed by atoms with Crippen LogP contribution in [-0.4, -0.2) is 26.1 Å². The summed E-state index contributed by atoms with van der Waals surface area (Å²) in [5.74, 6) is -1.53. The summed E-state index contributed by atoms with van der Waals surface area (Å²) in [6.45, 7) is 1.85. The molecule has 0 aliphatic rings. The Labute approximate surface area is 146 Å². The number of halogens is 2. The number of benzene rings is 1. The second kappa shape index (κ2) is 6.07. The number of carbonyl (C=O) groups is 1. The van der Waals surface area contributed by atoms with E-state index in [1.807, 2.05) is 6.92 Å². The molecule has 0 saturated carbocycles. The van der Waals surface area contributed by atoms with Crippen LogP contribution in [0.1, 0.15) is 16.2 Å². The molecule has 6 nitrogen and oxygen atoms in total. The minimum atomic E-state index is -0.692. The topological polar surface area (TPSA) is 86.5 Å². The fourth-order valence-corrected chi connectivity index (χ4v) is 2.74. The number of amides is 1. The number of carbonyl (C=O) groups excluding carboxylic acids is 1. The van der Waals surface area contributed by atoms with Gasteiger partial charge in [0.2, 0.25) is 0 Å². The van der Waals surface area contributed by atoms with E-state index in [1.54, 1.807) is 18.3 Å². The van der Waals surface area contributed by atoms with E-state index >= 15 is 0 Å². The first kappa shape index (κ1) is 15.9. The average molecular weight is 353 g/mol. The molecule has 130 valence electrons. The summed E-state index contributed by atoms with van der Waals surface area (Å²) >= 11 is 0. The van der Waals surface area contributed by atoms with Gasteiger partial charge in [-0.1, -0.05) is 0 Å². The van der Waals surface area contributed by atoms with E-state index in [1.165, 1.54) is 18.2 Å². The van der Waals surface area contributed by atoms with Crippen LogP contribution in [0.15, 0.2) is 42.6 Å². The number of hydrogen-bond donors (Lipinski definition) is 3. The quantitative estimate of drug-likeness (QED) is 0.524. The minimum Gasteiger partial charge on any atom is -0.349 e. The van der Waals surface area contributed by atoms with Crippen LogP contribution in [0.5, 0.6) is 0 Å². The number of nitrogens with zero attached hydrogens (tertiary/aromatic N) is 2. The molecule has 4 aromatic rings. The summed E-state index contributed by atoms with van der Waals surface area (Å²) in [6.07, 6.45) is 1.67. The lowest BCUT2D eigenvalue weighted by atomic mass is 10.1. The molecule has 1 amide bonds. The molecular formula is C18H13F2N5O. The average Bonchev–Trinajstić information content (AvgIpc) is 3.21. The summed E-state index contributed by atoms with van der Waals surface area (Å²) < 4.78 is 26.7. The Kier molecular flexibility index (Phi) is 3.72. The zero-order valence-electron chi connectivity index (χ0n) is 13.6. The van der Waals surface area contributed by atoms with Crippen LogP contribution in [0.4, 0.5) is 14.6 Å². The molecule has 0 aliphatic carbocycles. The molecule has 4 rings (SSSR count). The molecule has 8 heteroatoms. The molecule has 0 unspecified atom stereocenters. The number of hydrogen-bond acceptors (Lipinski definition) is 3. The third kappa shape index (κ3) is 2.92. The van der Waals surface area contributed by atoms with E-state index in [4.69, 9.17) is 0 Å². The summed E-state index contributed by atoms with van der Waals surface area (Å²) in [5.41, 5.74) is 2.61. The Hall–Kier alpha value is -3.55. The normalized spacial score (nSPS) is 11.0. The summed E-state index contributed by atoms with van der Waals surface area (Å²) in [6, 6.07) is 8.16. The Balaban J connectivity index is 1.58. The Morgan fingerprint density at radius 2 is 1.88 bits per heavy atom. The maximum absolute atomic E-state index is 13.3. The smallest absolute Gasteiger partial charge is 0.273 e. The molecule has 0 saturated heterocycles. The zero-order valence-corrected chi connectivity index (χ0v) is 13.6. The number of aromatic nitrogens is 4. The van der Waals surface area contributed by atoms with E-state index in [0.29, 0.717) is 17.0 Å². The van der Waals surface area contributed by atoms with E-state index < -0.39 is 11.6 Å². The number of fused-ring (bicyclic) bond motifs is 1. The highest BCUT2D eigenvalue weighted by Crippen LogP contribution is 2.23. The Morgan fingerprint density at radius 3 is 2.62 bits per heavy atom. The van der Waals surface area contributed by atoms with Gasteiger partial charge in [-0.15, -0.1) is 0 Å². The molecular weight excluding hydrogens is 340 g/mol. The van der Waals surface area contributed by atoms with Gasteiger partial charge in [0, 0.05) is 29.3 Å². The molecule has 3 N–H and O–H groups in total. The van der Waals surface area contributed by atoms with Crippen LogP contribution in [0, 0.1) is 18.6 Å². The zero-order chi connectivity index (χ0) is 18.3. The first-order valence-corrected chi connectivity index (χ1v) is 7.77. The third-order valence-electron chi connectivity index (χ3n) is 3.97. The fraction of sp³-hybridized carbons (Fsp3) is 0.0556. The lowest BCUT2D eigenvalue weighted by molar-refractivity contribution is 0.102. The second-order valence-corrected chi connectivity index (χ2v) is 5.82. The number of H-pyrrole nitrogens is 2. The van der Waals surface area contributed by atoms with Crippen LogP contribution in [0.3, 0.4) is 0 Å². The molecule has 0 fully saturated rings. The van der Waals surface area contributed by atoms with Gasteiger partial charge in [0.15, 0.2) is 5.82 Å². The maximum atomic E-state index is 13.3. The van der Waals surface area contributed by atoms with Gasteiger partial charge in [0.1, 0.15) is 17.3 Å². The number of aromatic amines is 2. The molecule has 0 radical (unpaired) electrons. The van der Waals surface area contributed by atoms with Crippen molar-refractivity contribution in [2.45, 2.75) is 6.92 Å². The number of pyridine rings is 1. The predicted molar refractivity (Wildman–Crippen MR) is 92.7 cm³/mol. The molecule has 26 heavy (non-hydrogen) atoms. The van der Waals surface area contributed by atoms with Crippen molar-refractivity contribution in [3.63, 3.8) is 0 Å². The highest BCUT2D eigenvalue weighted by Gasteiger charge is 2.13. The first-order chi connectivity index (χ1) is 12.5. The van der Waals surface area contributed by atoms with Gasteiger partial charge in [0.25, 0.3) is 5.91 Å². The van der Waals surface area contributed by atoms with E-state index in [2.05, 4.69) is 25.5 Å². The van der Waals surface area contributed by atoms with Gasteiger partial charge < -0.3 is 10.3 Å². The van der Waals surface area contributed by atoms with Gasteiger partial charge in [-0.05, 0) is 31.2 Å². The van der Waals surface area contributed by atoms with Crippen LogP contribution in [-0.2, 0) is 0 Å². The maximum Gasteiger partial charge on any atom is 0.273 e. The van der Waals surface area contributed by atoms with Crippen molar-refractivity contribution < 1.29 is 13.6 Å². The summed E-state index contributed by atoms with van der Waals surface area (Å²) in [4.78, 5) is 19.6. The monoisotopic (exact) mass is 353 g/mol. The van der Waals surface area contributed by atoms with Gasteiger partial charge in [-0.3, -0.25) is 14.9 Å². The molecule has 0 aliphatic heterocycles. The molecule has 1 aromatic carbocycles. The number of anilines is 1. The summed E-state index contributed by atoms with van der Waals surface area (Å²) in [5, 5.41) is 10.1. The highest BCUT2D eigenvalue weighted by atomic mass is 19.1. The van der Waals surface area contributed by atoms with Gasteiger partial charge in [0.05, 0.1) is 16.9 Å². The van der Waals surface area contributed by atoms with Gasteiger partial charge in [-0.2, -0.15) is 5.10 Å². The molecule has 3 heterocycles. The Bertz CT molecular complexity index is 1110. The minimum absolute atomic E-state index is 0.239. The van der Waals surface area contributed by atoms with E-state index in [0.717, 1.165) is 22.7 Å². The molecule has 0 bridgehead atoms. The lowest BCUT2D eigenvalue weighted by Crippen LogP contribution is -2.12. The standard InChI is InChI=1S/C18H13F2N5O/c1-9-17-10(2-3-21-9)6-15(22-17)18(26)23-16-8-14(24-25-16)11-4-12(19)7-13(20)5-11/h2-8,22H,1H3,(H2,23,24,25,26). The Morgan fingerprint density at radius 1 is 1.12 bits per heavy atom. The van der Waals surface area contributed by atoms with Crippen molar-refractivity contribution in [3.05, 3.63) is 65.6 Å². The van der Waals surface area contributed by atoms with E-state index in [-0.39, 0.29) is 11.7 Å². The van der Waals surface area contributed by atoms with Crippen molar-refractivity contribution in [3.8, 4) is 11.3 Å². The number of nitrogens with one attached hydrogen (secondary N) is 3. The largest absolute Gasteiger partial charge is 0.349 e. The van der Waals surface area contributed by atoms with Crippen LogP contribution < -0.4 is 5.32 Å². The lowest BCUT2D eigenvalue weighted by Gasteiger charge is -1.99. The van der Waals surface area contributed by atoms with Crippen molar-refractivity contribution in [1.82, 2.24) is 20.2 Å². The highest BCUT2D eigenvalue weighted by molar-refractivity contribution is 6.05. The first-order valence-electron chi connectivity index (χ1n) is 7.77. The van der Waals surface area contributed by atoms with Crippen molar-refractivity contribution in [1.29, 1.82) is 0 Å². The van der Waals surface area contributed by atoms with Crippen LogP contribution in [0.2, 0.25) is 0 Å². The van der Waals surface area contributed by atoms with Gasteiger partial charge >= 0.3 is 0 Å². The second-order valence-electron chi connectivity index (χ2n) is 5.82. The molecule has 0 spiro atoms.